The van der Waals surface area contributed by atoms with Gasteiger partial charge < -0.3 is 15.2 Å². The number of hydrogen-bond acceptors (Lipinski definition) is 3. The van der Waals surface area contributed by atoms with Crippen molar-refractivity contribution in [3.8, 4) is 5.75 Å². The Labute approximate surface area is 106 Å². The van der Waals surface area contributed by atoms with Gasteiger partial charge in [0.25, 0.3) is 5.91 Å². The van der Waals surface area contributed by atoms with Crippen LogP contribution in [0.3, 0.4) is 0 Å². The van der Waals surface area contributed by atoms with Gasteiger partial charge in [-0.15, -0.1) is 0 Å². The Morgan fingerprint density at radius 1 is 1.50 bits per heavy atom. The van der Waals surface area contributed by atoms with Crippen LogP contribution in [0.15, 0.2) is 18.2 Å². The fourth-order valence-corrected chi connectivity index (χ4v) is 1.52. The van der Waals surface area contributed by atoms with Crippen molar-refractivity contribution in [2.24, 2.45) is 0 Å². The maximum atomic E-state index is 13.2. The molecule has 2 N–H and O–H groups in total. The largest absolute Gasteiger partial charge is 0.494 e. The summed E-state index contributed by atoms with van der Waals surface area (Å²) in [5.74, 6) is -0.807. The van der Waals surface area contributed by atoms with Gasteiger partial charge in [-0.3, -0.25) is 4.79 Å². The number of benzene rings is 1. The van der Waals surface area contributed by atoms with E-state index in [0.717, 1.165) is 0 Å². The van der Waals surface area contributed by atoms with Crippen molar-refractivity contribution in [3.05, 3.63) is 29.6 Å². The van der Waals surface area contributed by atoms with E-state index in [1.54, 1.807) is 0 Å². The quantitative estimate of drug-likeness (QED) is 0.842. The number of carbonyl (C=O) groups is 1. The first-order chi connectivity index (χ1) is 8.39. The SMILES string of the molecule is COc1cc(C(=O)NC(C)(C)CCO)ccc1F. The molecule has 0 radical (unpaired) electrons. The summed E-state index contributed by atoms with van der Waals surface area (Å²) >= 11 is 0. The number of aliphatic hydroxyl groups is 1. The lowest BCUT2D eigenvalue weighted by atomic mass is 10.0. The molecular formula is C13H18FNO3. The summed E-state index contributed by atoms with van der Waals surface area (Å²) in [6, 6.07) is 3.93. The number of nitrogens with one attached hydrogen (secondary N) is 1. The van der Waals surface area contributed by atoms with E-state index in [1.807, 2.05) is 13.8 Å². The summed E-state index contributed by atoms with van der Waals surface area (Å²) in [6.45, 7) is 3.60. The van der Waals surface area contributed by atoms with Gasteiger partial charge >= 0.3 is 0 Å². The van der Waals surface area contributed by atoms with Gasteiger partial charge in [0, 0.05) is 17.7 Å². The lowest BCUT2D eigenvalue weighted by Gasteiger charge is -2.25. The minimum atomic E-state index is -0.520. The second kappa shape index (κ2) is 5.82. The molecule has 0 unspecified atom stereocenters. The molecule has 0 saturated heterocycles. The van der Waals surface area contributed by atoms with Crippen LogP contribution in [-0.2, 0) is 0 Å². The minimum Gasteiger partial charge on any atom is -0.494 e. The Morgan fingerprint density at radius 3 is 2.72 bits per heavy atom. The molecule has 1 rings (SSSR count). The van der Waals surface area contributed by atoms with Crippen molar-refractivity contribution in [1.29, 1.82) is 0 Å². The molecule has 1 aromatic carbocycles. The lowest BCUT2D eigenvalue weighted by Crippen LogP contribution is -2.44. The van der Waals surface area contributed by atoms with E-state index in [9.17, 15) is 9.18 Å². The van der Waals surface area contributed by atoms with E-state index in [1.165, 1.54) is 25.3 Å². The van der Waals surface area contributed by atoms with Crippen LogP contribution in [0.5, 0.6) is 5.75 Å². The number of methoxy groups -OCH3 is 1. The van der Waals surface area contributed by atoms with Gasteiger partial charge in [-0.25, -0.2) is 4.39 Å². The molecule has 0 aliphatic carbocycles. The first-order valence-electron chi connectivity index (χ1n) is 5.66. The van der Waals surface area contributed by atoms with E-state index in [2.05, 4.69) is 5.32 Å². The lowest BCUT2D eigenvalue weighted by molar-refractivity contribution is 0.0899. The molecule has 1 aromatic rings. The van der Waals surface area contributed by atoms with Gasteiger partial charge in [0.2, 0.25) is 0 Å². The number of aliphatic hydroxyl groups excluding tert-OH is 1. The number of halogens is 1. The summed E-state index contributed by atoms with van der Waals surface area (Å²) in [4.78, 5) is 11.9. The Morgan fingerprint density at radius 2 is 2.17 bits per heavy atom. The zero-order valence-electron chi connectivity index (χ0n) is 10.8. The van der Waals surface area contributed by atoms with Gasteiger partial charge in [-0.1, -0.05) is 0 Å². The van der Waals surface area contributed by atoms with Crippen LogP contribution in [0, 0.1) is 5.82 Å². The average Bonchev–Trinajstić information content (AvgIpc) is 2.28. The van der Waals surface area contributed by atoms with E-state index < -0.39 is 11.4 Å². The van der Waals surface area contributed by atoms with Crippen LogP contribution in [0.2, 0.25) is 0 Å². The van der Waals surface area contributed by atoms with E-state index in [0.29, 0.717) is 12.0 Å². The Hall–Kier alpha value is -1.62. The maximum Gasteiger partial charge on any atom is 0.251 e. The molecule has 0 aliphatic rings. The first-order valence-corrected chi connectivity index (χ1v) is 5.66. The summed E-state index contributed by atoms with van der Waals surface area (Å²) in [7, 11) is 1.34. The van der Waals surface area contributed by atoms with Gasteiger partial charge in [-0.05, 0) is 38.5 Å². The summed E-state index contributed by atoms with van der Waals surface area (Å²) < 4.78 is 18.0. The van der Waals surface area contributed by atoms with Crippen LogP contribution in [-0.4, -0.2) is 30.3 Å². The van der Waals surface area contributed by atoms with E-state index in [4.69, 9.17) is 9.84 Å². The smallest absolute Gasteiger partial charge is 0.251 e. The molecule has 0 atom stereocenters. The average molecular weight is 255 g/mol. The van der Waals surface area contributed by atoms with Crippen molar-refractivity contribution in [3.63, 3.8) is 0 Å². The third-order valence-corrected chi connectivity index (χ3v) is 2.60. The van der Waals surface area contributed by atoms with Gasteiger partial charge in [0.1, 0.15) is 0 Å². The summed E-state index contributed by atoms with van der Waals surface area (Å²) in [6.07, 6.45) is 0.442. The molecule has 0 bridgehead atoms. The van der Waals surface area contributed by atoms with Gasteiger partial charge in [-0.2, -0.15) is 0 Å². The highest BCUT2D eigenvalue weighted by atomic mass is 19.1. The molecule has 0 fully saturated rings. The molecule has 18 heavy (non-hydrogen) atoms. The Bertz CT molecular complexity index is 432. The highest BCUT2D eigenvalue weighted by Crippen LogP contribution is 2.19. The first kappa shape index (κ1) is 14.4. The third kappa shape index (κ3) is 3.70. The third-order valence-electron chi connectivity index (χ3n) is 2.60. The molecule has 5 heteroatoms. The molecule has 0 saturated carbocycles. The minimum absolute atomic E-state index is 0.0139. The van der Waals surface area contributed by atoms with E-state index in [-0.39, 0.29) is 18.3 Å². The monoisotopic (exact) mass is 255 g/mol. The number of carbonyl (C=O) groups excluding carboxylic acids is 1. The Kier molecular flexibility index (Phi) is 4.67. The van der Waals surface area contributed by atoms with Crippen molar-refractivity contribution in [2.45, 2.75) is 25.8 Å². The second-order valence-corrected chi connectivity index (χ2v) is 4.66. The highest BCUT2D eigenvalue weighted by Gasteiger charge is 2.21. The fraction of sp³-hybridized carbons (Fsp3) is 0.462. The predicted molar refractivity (Wildman–Crippen MR) is 66.2 cm³/mol. The fourth-order valence-electron chi connectivity index (χ4n) is 1.52. The topological polar surface area (TPSA) is 58.6 Å². The van der Waals surface area contributed by atoms with Gasteiger partial charge in [0.15, 0.2) is 11.6 Å². The standard InChI is InChI=1S/C13H18FNO3/c1-13(2,6-7-16)15-12(17)9-4-5-10(14)11(8-9)18-3/h4-5,8,16H,6-7H2,1-3H3,(H,15,17). The number of rotatable bonds is 5. The van der Waals surface area contributed by atoms with Crippen LogP contribution < -0.4 is 10.1 Å². The molecule has 100 valence electrons. The van der Waals surface area contributed by atoms with Crippen molar-refractivity contribution in [2.75, 3.05) is 13.7 Å². The van der Waals surface area contributed by atoms with Crippen molar-refractivity contribution in [1.82, 2.24) is 5.32 Å². The van der Waals surface area contributed by atoms with Crippen LogP contribution in [0.25, 0.3) is 0 Å². The van der Waals surface area contributed by atoms with E-state index >= 15 is 0 Å². The molecule has 0 spiro atoms. The predicted octanol–water partition coefficient (Wildman–Crippen LogP) is 1.73. The second-order valence-electron chi connectivity index (χ2n) is 4.66. The van der Waals surface area contributed by atoms with Crippen LogP contribution in [0.4, 0.5) is 4.39 Å². The zero-order chi connectivity index (χ0) is 13.8. The van der Waals surface area contributed by atoms with Crippen LogP contribution >= 0.6 is 0 Å². The molecule has 0 aromatic heterocycles. The Balaban J connectivity index is 2.85. The van der Waals surface area contributed by atoms with Crippen molar-refractivity contribution < 1.29 is 19.0 Å². The molecule has 0 aliphatic heterocycles. The molecular weight excluding hydrogens is 237 g/mol. The summed E-state index contributed by atoms with van der Waals surface area (Å²) in [5, 5.41) is 11.7. The highest BCUT2D eigenvalue weighted by molar-refractivity contribution is 5.95. The van der Waals surface area contributed by atoms with Gasteiger partial charge in [0.05, 0.1) is 7.11 Å². The number of hydrogen-bond donors (Lipinski definition) is 2. The zero-order valence-corrected chi connectivity index (χ0v) is 10.8. The van der Waals surface area contributed by atoms with Crippen molar-refractivity contribution >= 4 is 5.91 Å². The molecule has 0 heterocycles. The molecule has 4 nitrogen and oxygen atoms in total. The summed E-state index contributed by atoms with van der Waals surface area (Å²) in [5.41, 5.74) is -0.202. The maximum absolute atomic E-state index is 13.2. The number of ether oxygens (including phenoxy) is 1. The normalized spacial score (nSPS) is 11.2. The molecule has 1 amide bonds. The van der Waals surface area contributed by atoms with Crippen LogP contribution in [0.1, 0.15) is 30.6 Å². The number of amides is 1.